The number of aromatic nitrogens is 1. The Kier molecular flexibility index (Phi) is 5.16. The molecule has 1 aliphatic rings. The van der Waals surface area contributed by atoms with Crippen LogP contribution in [0.15, 0.2) is 34.5 Å². The summed E-state index contributed by atoms with van der Waals surface area (Å²) in [6.07, 6.45) is 1.72. The Hall–Kier alpha value is -1.81. The van der Waals surface area contributed by atoms with Crippen molar-refractivity contribution < 1.29 is 21.6 Å². The number of alkyl halides is 3. The molecule has 0 aliphatic carbocycles. The van der Waals surface area contributed by atoms with Crippen molar-refractivity contribution in [1.82, 2.24) is 4.98 Å². The number of aryl methyl sites for hydroxylation is 1. The van der Waals surface area contributed by atoms with Crippen LogP contribution in [0.4, 0.5) is 24.0 Å². The van der Waals surface area contributed by atoms with E-state index in [-0.39, 0.29) is 0 Å². The number of nitrogens with one attached hydrogen (secondary N) is 1. The van der Waals surface area contributed by atoms with Crippen LogP contribution in [-0.4, -0.2) is 38.0 Å². The summed E-state index contributed by atoms with van der Waals surface area (Å²) in [7, 11) is -5.30. The van der Waals surface area contributed by atoms with Gasteiger partial charge in [0.05, 0.1) is 10.6 Å². The van der Waals surface area contributed by atoms with Gasteiger partial charge in [-0.2, -0.15) is 13.2 Å². The third-order valence-electron chi connectivity index (χ3n) is 4.26. The molecule has 0 atom stereocenters. The number of piperidine rings is 1. The van der Waals surface area contributed by atoms with Gasteiger partial charge in [-0.05, 0) is 44.0 Å². The average Bonchev–Trinajstić information content (AvgIpc) is 2.99. The number of nitrogens with zero attached hydrogens (tertiary/aromatic N) is 2. The van der Waals surface area contributed by atoms with E-state index in [1.54, 1.807) is 11.3 Å². The molecule has 1 aliphatic heterocycles. The summed E-state index contributed by atoms with van der Waals surface area (Å²) in [6.45, 7) is 3.40. The van der Waals surface area contributed by atoms with Crippen LogP contribution in [0, 0.1) is 6.92 Å². The summed E-state index contributed by atoms with van der Waals surface area (Å²) < 4.78 is 60.6. The Morgan fingerprint density at radius 2 is 1.81 bits per heavy atom. The van der Waals surface area contributed by atoms with Crippen molar-refractivity contribution in [3.8, 4) is 0 Å². The van der Waals surface area contributed by atoms with E-state index in [1.807, 2.05) is 17.2 Å². The SMILES string of the molecule is Cc1csc(NC2CCN(c3ccc(S(=O)(=O)C(F)(F)F)cc3)CC2)n1. The minimum Gasteiger partial charge on any atom is -0.371 e. The fourth-order valence-corrected chi connectivity index (χ4v) is 4.37. The molecular weight excluding hydrogens is 387 g/mol. The summed E-state index contributed by atoms with van der Waals surface area (Å²) in [5, 5.41) is 6.27. The molecule has 10 heteroatoms. The summed E-state index contributed by atoms with van der Waals surface area (Å²) in [5.41, 5.74) is -3.59. The number of sulfone groups is 1. The molecule has 0 saturated carbocycles. The first-order valence-electron chi connectivity index (χ1n) is 8.02. The van der Waals surface area contributed by atoms with Crippen molar-refractivity contribution in [1.29, 1.82) is 0 Å². The summed E-state index contributed by atoms with van der Waals surface area (Å²) in [6, 6.07) is 5.18. The zero-order valence-electron chi connectivity index (χ0n) is 14.0. The van der Waals surface area contributed by atoms with Gasteiger partial charge in [0.2, 0.25) is 0 Å². The van der Waals surface area contributed by atoms with Crippen molar-refractivity contribution >= 4 is 32.0 Å². The van der Waals surface area contributed by atoms with Crippen LogP contribution < -0.4 is 10.2 Å². The first-order valence-corrected chi connectivity index (χ1v) is 10.4. The highest BCUT2D eigenvalue weighted by molar-refractivity contribution is 7.92. The molecule has 2 aromatic rings. The van der Waals surface area contributed by atoms with Gasteiger partial charge in [-0.1, -0.05) is 0 Å². The van der Waals surface area contributed by atoms with Gasteiger partial charge >= 0.3 is 5.51 Å². The largest absolute Gasteiger partial charge is 0.501 e. The lowest BCUT2D eigenvalue weighted by molar-refractivity contribution is -0.0436. The van der Waals surface area contributed by atoms with E-state index in [2.05, 4.69) is 10.3 Å². The zero-order valence-corrected chi connectivity index (χ0v) is 15.6. The van der Waals surface area contributed by atoms with Gasteiger partial charge in [0.1, 0.15) is 0 Å². The van der Waals surface area contributed by atoms with Gasteiger partial charge in [-0.15, -0.1) is 11.3 Å². The molecule has 142 valence electrons. The van der Waals surface area contributed by atoms with Crippen molar-refractivity contribution in [2.45, 2.75) is 36.2 Å². The number of anilines is 2. The summed E-state index contributed by atoms with van der Waals surface area (Å²) >= 11 is 1.56. The van der Waals surface area contributed by atoms with Gasteiger partial charge in [0, 0.05) is 30.2 Å². The summed E-state index contributed by atoms with van der Waals surface area (Å²) in [5.74, 6) is 0. The molecule has 0 spiro atoms. The Bertz CT molecular complexity index is 856. The monoisotopic (exact) mass is 405 g/mol. The lowest BCUT2D eigenvalue weighted by Crippen LogP contribution is -2.39. The Morgan fingerprint density at radius 1 is 1.19 bits per heavy atom. The van der Waals surface area contributed by atoms with E-state index < -0.39 is 20.2 Å². The molecule has 1 aromatic heterocycles. The standard InChI is InChI=1S/C16H18F3N3O2S2/c1-11-10-25-15(20-11)21-12-6-8-22(9-7-12)13-2-4-14(5-3-13)26(23,24)16(17,18)19/h2-5,10,12H,6-9H2,1H3,(H,20,21). The van der Waals surface area contributed by atoms with Crippen LogP contribution in [0.1, 0.15) is 18.5 Å². The maximum Gasteiger partial charge on any atom is 0.501 e. The number of rotatable bonds is 4. The Labute approximate surface area is 153 Å². The fourth-order valence-electron chi connectivity index (χ4n) is 2.85. The Balaban J connectivity index is 1.61. The molecule has 2 heterocycles. The van der Waals surface area contributed by atoms with Crippen LogP contribution in [0.5, 0.6) is 0 Å². The van der Waals surface area contributed by atoms with Crippen LogP contribution in [0.2, 0.25) is 0 Å². The Morgan fingerprint density at radius 3 is 2.31 bits per heavy atom. The predicted molar refractivity (Wildman–Crippen MR) is 95.4 cm³/mol. The smallest absolute Gasteiger partial charge is 0.371 e. The number of thiazole rings is 1. The number of hydrogen-bond acceptors (Lipinski definition) is 6. The third-order valence-corrected chi connectivity index (χ3v) is 6.65. The molecule has 1 N–H and O–H groups in total. The first-order chi connectivity index (χ1) is 12.2. The highest BCUT2D eigenvalue weighted by Crippen LogP contribution is 2.31. The molecule has 0 bridgehead atoms. The van der Waals surface area contributed by atoms with E-state index in [4.69, 9.17) is 0 Å². The number of hydrogen-bond donors (Lipinski definition) is 1. The average molecular weight is 405 g/mol. The van der Waals surface area contributed by atoms with Crippen molar-refractivity contribution in [3.63, 3.8) is 0 Å². The topological polar surface area (TPSA) is 62.3 Å². The minimum atomic E-state index is -5.30. The van der Waals surface area contributed by atoms with Gasteiger partial charge in [-0.3, -0.25) is 0 Å². The van der Waals surface area contributed by atoms with E-state index in [0.717, 1.165) is 54.6 Å². The second-order valence-electron chi connectivity index (χ2n) is 6.14. The number of benzene rings is 1. The molecule has 0 amide bonds. The quantitative estimate of drug-likeness (QED) is 0.838. The molecule has 26 heavy (non-hydrogen) atoms. The third kappa shape index (κ3) is 3.96. The second kappa shape index (κ2) is 7.07. The van der Waals surface area contributed by atoms with Crippen molar-refractivity contribution in [2.75, 3.05) is 23.3 Å². The molecule has 3 rings (SSSR count). The lowest BCUT2D eigenvalue weighted by atomic mass is 10.0. The molecule has 5 nitrogen and oxygen atoms in total. The van der Waals surface area contributed by atoms with Crippen LogP contribution in [-0.2, 0) is 9.84 Å². The highest BCUT2D eigenvalue weighted by Gasteiger charge is 2.46. The molecule has 1 saturated heterocycles. The maximum absolute atomic E-state index is 12.6. The van der Waals surface area contributed by atoms with Gasteiger partial charge in [0.25, 0.3) is 9.84 Å². The zero-order chi connectivity index (χ0) is 18.9. The van der Waals surface area contributed by atoms with E-state index in [9.17, 15) is 21.6 Å². The lowest BCUT2D eigenvalue weighted by Gasteiger charge is -2.34. The molecule has 0 unspecified atom stereocenters. The van der Waals surface area contributed by atoms with Gasteiger partial charge in [0.15, 0.2) is 5.13 Å². The minimum absolute atomic E-state index is 0.293. The first kappa shape index (κ1) is 19.0. The molecule has 0 radical (unpaired) electrons. The van der Waals surface area contributed by atoms with Crippen molar-refractivity contribution in [3.05, 3.63) is 35.3 Å². The van der Waals surface area contributed by atoms with E-state index >= 15 is 0 Å². The highest BCUT2D eigenvalue weighted by atomic mass is 32.2. The fraction of sp³-hybridized carbons (Fsp3) is 0.438. The van der Waals surface area contributed by atoms with E-state index in [0.29, 0.717) is 6.04 Å². The van der Waals surface area contributed by atoms with Crippen LogP contribution in [0.25, 0.3) is 0 Å². The molecular formula is C16H18F3N3O2S2. The maximum atomic E-state index is 12.6. The van der Waals surface area contributed by atoms with Gasteiger partial charge < -0.3 is 10.2 Å². The van der Waals surface area contributed by atoms with E-state index in [1.165, 1.54) is 12.1 Å². The molecule has 1 fully saturated rings. The van der Waals surface area contributed by atoms with Crippen LogP contribution >= 0.6 is 11.3 Å². The molecule has 1 aromatic carbocycles. The predicted octanol–water partition coefficient (Wildman–Crippen LogP) is 3.83. The van der Waals surface area contributed by atoms with Crippen molar-refractivity contribution in [2.24, 2.45) is 0 Å². The normalized spacial score (nSPS) is 16.7. The summed E-state index contributed by atoms with van der Waals surface area (Å²) in [4.78, 5) is 5.68. The van der Waals surface area contributed by atoms with Gasteiger partial charge in [-0.25, -0.2) is 13.4 Å². The number of halogens is 3. The van der Waals surface area contributed by atoms with Crippen LogP contribution in [0.3, 0.4) is 0 Å². The second-order valence-corrected chi connectivity index (χ2v) is 8.94.